The van der Waals surface area contributed by atoms with Crippen LogP contribution in [-0.2, 0) is 9.47 Å². The summed E-state index contributed by atoms with van der Waals surface area (Å²) in [5.74, 6) is 0.606. The molecular weight excluding hydrogens is 190 g/mol. The van der Waals surface area contributed by atoms with Crippen molar-refractivity contribution in [1.29, 1.82) is 0 Å². The smallest absolute Gasteiger partial charge is 0.0615 e. The average molecular weight is 213 g/mol. The van der Waals surface area contributed by atoms with Crippen LogP contribution in [0.25, 0.3) is 0 Å². The molecule has 3 atom stereocenters. The first-order valence-electron chi connectivity index (χ1n) is 6.33. The van der Waals surface area contributed by atoms with Gasteiger partial charge in [0.2, 0.25) is 0 Å². The van der Waals surface area contributed by atoms with Crippen molar-refractivity contribution in [3.05, 3.63) is 0 Å². The highest BCUT2D eigenvalue weighted by molar-refractivity contribution is 4.78. The Labute approximate surface area is 92.3 Å². The highest BCUT2D eigenvalue weighted by atomic mass is 16.5. The molecule has 0 aromatic heterocycles. The van der Waals surface area contributed by atoms with Gasteiger partial charge in [0.25, 0.3) is 0 Å². The Morgan fingerprint density at radius 2 is 2.13 bits per heavy atom. The van der Waals surface area contributed by atoms with Gasteiger partial charge in [-0.2, -0.15) is 0 Å². The molecule has 0 radical (unpaired) electrons. The third kappa shape index (κ3) is 3.16. The first-order valence-corrected chi connectivity index (χ1v) is 6.33. The molecule has 0 aromatic rings. The SMILES string of the molecule is NCC1CCCC1OCCC1CCCO1. The van der Waals surface area contributed by atoms with Gasteiger partial charge in [-0.05, 0) is 44.6 Å². The molecule has 3 unspecified atom stereocenters. The summed E-state index contributed by atoms with van der Waals surface area (Å²) in [6.07, 6.45) is 8.13. The van der Waals surface area contributed by atoms with Gasteiger partial charge in [-0.1, -0.05) is 6.42 Å². The van der Waals surface area contributed by atoms with Crippen molar-refractivity contribution in [3.8, 4) is 0 Å². The molecule has 1 heterocycles. The number of hydrogen-bond acceptors (Lipinski definition) is 3. The van der Waals surface area contributed by atoms with E-state index in [1.165, 1.54) is 32.1 Å². The number of ether oxygens (including phenoxy) is 2. The number of nitrogens with two attached hydrogens (primary N) is 1. The summed E-state index contributed by atoms with van der Waals surface area (Å²) in [6.45, 7) is 2.58. The van der Waals surface area contributed by atoms with Crippen LogP contribution in [0.3, 0.4) is 0 Å². The fourth-order valence-electron chi connectivity index (χ4n) is 2.71. The normalized spacial score (nSPS) is 36.2. The van der Waals surface area contributed by atoms with Crippen LogP contribution in [0.4, 0.5) is 0 Å². The third-order valence-corrected chi connectivity index (χ3v) is 3.69. The summed E-state index contributed by atoms with van der Waals surface area (Å²) < 4.78 is 11.5. The Morgan fingerprint density at radius 3 is 2.87 bits per heavy atom. The van der Waals surface area contributed by atoms with Crippen LogP contribution in [0.5, 0.6) is 0 Å². The minimum absolute atomic E-state index is 0.427. The summed E-state index contributed by atoms with van der Waals surface area (Å²) >= 11 is 0. The molecule has 1 saturated heterocycles. The van der Waals surface area contributed by atoms with Crippen LogP contribution in [0.2, 0.25) is 0 Å². The fourth-order valence-corrected chi connectivity index (χ4v) is 2.71. The predicted molar refractivity (Wildman–Crippen MR) is 59.7 cm³/mol. The Kier molecular flexibility index (Phi) is 4.42. The van der Waals surface area contributed by atoms with Crippen molar-refractivity contribution < 1.29 is 9.47 Å². The number of hydrogen-bond donors (Lipinski definition) is 1. The zero-order chi connectivity index (χ0) is 10.5. The summed E-state index contributed by atoms with van der Waals surface area (Å²) in [4.78, 5) is 0. The van der Waals surface area contributed by atoms with Crippen LogP contribution in [0.1, 0.15) is 38.5 Å². The second-order valence-electron chi connectivity index (χ2n) is 4.76. The molecular formula is C12H23NO2. The first kappa shape index (κ1) is 11.4. The molecule has 0 amide bonds. The molecule has 1 aliphatic heterocycles. The van der Waals surface area contributed by atoms with Crippen LogP contribution < -0.4 is 5.73 Å². The highest BCUT2D eigenvalue weighted by Crippen LogP contribution is 2.27. The zero-order valence-corrected chi connectivity index (χ0v) is 9.49. The van der Waals surface area contributed by atoms with Gasteiger partial charge in [-0.15, -0.1) is 0 Å². The number of rotatable bonds is 5. The fraction of sp³-hybridized carbons (Fsp3) is 1.00. The summed E-state index contributed by atoms with van der Waals surface area (Å²) in [5, 5.41) is 0. The lowest BCUT2D eigenvalue weighted by molar-refractivity contribution is 0.00448. The Balaban J connectivity index is 1.60. The Hall–Kier alpha value is -0.120. The molecule has 2 N–H and O–H groups in total. The average Bonchev–Trinajstić information content (AvgIpc) is 2.88. The first-order chi connectivity index (χ1) is 7.40. The minimum atomic E-state index is 0.427. The molecule has 0 aromatic carbocycles. The molecule has 2 aliphatic rings. The molecule has 88 valence electrons. The highest BCUT2D eigenvalue weighted by Gasteiger charge is 2.27. The van der Waals surface area contributed by atoms with Gasteiger partial charge in [-0.3, -0.25) is 0 Å². The van der Waals surface area contributed by atoms with E-state index in [9.17, 15) is 0 Å². The van der Waals surface area contributed by atoms with Gasteiger partial charge >= 0.3 is 0 Å². The van der Waals surface area contributed by atoms with Crippen molar-refractivity contribution >= 4 is 0 Å². The van der Waals surface area contributed by atoms with E-state index in [2.05, 4.69) is 0 Å². The predicted octanol–water partition coefficient (Wildman–Crippen LogP) is 1.70. The van der Waals surface area contributed by atoms with Crippen molar-refractivity contribution in [1.82, 2.24) is 0 Å². The van der Waals surface area contributed by atoms with E-state index in [0.717, 1.165) is 26.2 Å². The largest absolute Gasteiger partial charge is 0.378 e. The van der Waals surface area contributed by atoms with Crippen molar-refractivity contribution in [2.24, 2.45) is 11.7 Å². The molecule has 1 aliphatic carbocycles. The van der Waals surface area contributed by atoms with Gasteiger partial charge in [0.1, 0.15) is 0 Å². The molecule has 0 bridgehead atoms. The summed E-state index contributed by atoms with van der Waals surface area (Å²) in [7, 11) is 0. The second-order valence-corrected chi connectivity index (χ2v) is 4.76. The molecule has 0 spiro atoms. The van der Waals surface area contributed by atoms with E-state index in [4.69, 9.17) is 15.2 Å². The van der Waals surface area contributed by atoms with Crippen LogP contribution >= 0.6 is 0 Å². The van der Waals surface area contributed by atoms with Gasteiger partial charge in [0, 0.05) is 13.2 Å². The van der Waals surface area contributed by atoms with E-state index in [-0.39, 0.29) is 0 Å². The maximum absolute atomic E-state index is 5.91. The third-order valence-electron chi connectivity index (χ3n) is 3.69. The van der Waals surface area contributed by atoms with Gasteiger partial charge in [0.05, 0.1) is 12.2 Å². The van der Waals surface area contributed by atoms with Crippen LogP contribution in [0.15, 0.2) is 0 Å². The van der Waals surface area contributed by atoms with E-state index in [0.29, 0.717) is 18.1 Å². The second kappa shape index (κ2) is 5.83. The maximum Gasteiger partial charge on any atom is 0.0615 e. The van der Waals surface area contributed by atoms with Gasteiger partial charge in [0.15, 0.2) is 0 Å². The van der Waals surface area contributed by atoms with Crippen LogP contribution in [-0.4, -0.2) is 32.0 Å². The van der Waals surface area contributed by atoms with Crippen LogP contribution in [0, 0.1) is 5.92 Å². The zero-order valence-electron chi connectivity index (χ0n) is 9.49. The van der Waals surface area contributed by atoms with Crippen molar-refractivity contribution in [2.75, 3.05) is 19.8 Å². The van der Waals surface area contributed by atoms with Crippen molar-refractivity contribution in [3.63, 3.8) is 0 Å². The minimum Gasteiger partial charge on any atom is -0.378 e. The lowest BCUT2D eigenvalue weighted by Gasteiger charge is -2.19. The molecule has 3 heteroatoms. The lowest BCUT2D eigenvalue weighted by Crippen LogP contribution is -2.26. The standard InChI is InChI=1S/C12H23NO2/c13-9-10-3-1-5-12(10)15-8-6-11-4-2-7-14-11/h10-12H,1-9,13H2. The monoisotopic (exact) mass is 213 g/mol. The molecule has 2 rings (SSSR count). The van der Waals surface area contributed by atoms with Gasteiger partial charge < -0.3 is 15.2 Å². The lowest BCUT2D eigenvalue weighted by atomic mass is 10.1. The Morgan fingerprint density at radius 1 is 1.20 bits per heavy atom. The Bertz CT molecular complexity index is 180. The van der Waals surface area contributed by atoms with E-state index in [1.807, 2.05) is 0 Å². The van der Waals surface area contributed by atoms with Crippen molar-refractivity contribution in [2.45, 2.75) is 50.7 Å². The molecule has 3 nitrogen and oxygen atoms in total. The van der Waals surface area contributed by atoms with E-state index < -0.39 is 0 Å². The topological polar surface area (TPSA) is 44.5 Å². The van der Waals surface area contributed by atoms with E-state index >= 15 is 0 Å². The summed E-state index contributed by atoms with van der Waals surface area (Å²) in [6, 6.07) is 0. The molecule has 1 saturated carbocycles. The van der Waals surface area contributed by atoms with E-state index in [1.54, 1.807) is 0 Å². The van der Waals surface area contributed by atoms with Gasteiger partial charge in [-0.25, -0.2) is 0 Å². The summed E-state index contributed by atoms with van der Waals surface area (Å²) in [5.41, 5.74) is 5.71. The quantitative estimate of drug-likeness (QED) is 0.756. The molecule has 15 heavy (non-hydrogen) atoms. The maximum atomic E-state index is 5.91. The molecule has 2 fully saturated rings.